The topological polar surface area (TPSA) is 237 Å². The minimum absolute atomic E-state index is 0.0804. The quantitative estimate of drug-likeness (QED) is 0.0169. The predicted octanol–water partition coefficient (Wildman–Crippen LogP) is 22.8. The molecule has 0 aliphatic rings. The summed E-state index contributed by atoms with van der Waals surface area (Å²) in [5.74, 6) is -2.21. The van der Waals surface area contributed by atoms with Gasteiger partial charge in [-0.05, 0) is 141 Å². The van der Waals surface area contributed by atoms with E-state index in [0.29, 0.717) is 25.7 Å². The number of aliphatic hydroxyl groups is 1. The van der Waals surface area contributed by atoms with Crippen LogP contribution in [0.4, 0.5) is 0 Å². The molecule has 5 unspecified atom stereocenters. The highest BCUT2D eigenvalue weighted by molar-refractivity contribution is 7.47. The Balaban J connectivity index is 5.34. The molecule has 0 aliphatic heterocycles. The Morgan fingerprint density at radius 1 is 0.290 bits per heavy atom. The molecule has 5 atom stereocenters. The van der Waals surface area contributed by atoms with Crippen molar-refractivity contribution in [3.8, 4) is 0 Å². The Hall–Kier alpha value is -4.02. The molecule has 0 spiro atoms. The SMILES string of the molecule is CC/C=C\C/C=C\C/C=C\CCCCCCCC(=O)OCC(COP(=O)(O)OCC(O)COP(=O)(O)OCC(COC(=O)CCCCCCCC/C=C\C/C=C\C/C=C\CCCCC)OC(=O)CCCCCCC/C=C\CCCCCCCC)OC(=O)CCCCCCC/C=C\CCCC. The highest BCUT2D eigenvalue weighted by Gasteiger charge is 2.30. The first-order valence-corrected chi connectivity index (χ1v) is 42.5. The first kappa shape index (κ1) is 96.0. The number of esters is 4. The molecule has 578 valence electrons. The first-order valence-electron chi connectivity index (χ1n) is 39.5. The average Bonchev–Trinajstić information content (AvgIpc) is 0.945. The van der Waals surface area contributed by atoms with Crippen molar-refractivity contribution in [1.82, 2.24) is 0 Å². The van der Waals surface area contributed by atoms with Crippen molar-refractivity contribution in [3.63, 3.8) is 0 Å². The standard InChI is InChI=1S/C81H142O17P2/c1-5-9-13-17-21-25-29-32-35-36-37-38-41-43-47-50-54-58-62-66-79(84)92-72-77(98-81(86)68-64-60-56-52-48-44-40-34-31-27-23-19-15-11-7-3)74-96-100(89,90)94-70-75(82)69-93-99(87,88)95-73-76(97-80(85)67-63-59-55-51-45-28-24-20-16-12-8-4)71-91-78(83)65-61-57-53-49-46-42-39-33-30-26-22-18-14-10-6-2/h10,14,20-22,24-26,32-35,37-40,75-77,82H,5-9,11-13,15-19,23,27-31,36,41-74H2,1-4H3,(H,87,88)(H,89,90)/b14-10-,24-20-,25-21-,26-22-,35-32-,38-37-,39-33-,40-34-. The molecule has 0 radical (unpaired) electrons. The number of phosphoric acid groups is 2. The van der Waals surface area contributed by atoms with Crippen molar-refractivity contribution in [1.29, 1.82) is 0 Å². The van der Waals surface area contributed by atoms with Crippen LogP contribution in [-0.4, -0.2) is 96.7 Å². The molecule has 17 nitrogen and oxygen atoms in total. The van der Waals surface area contributed by atoms with Gasteiger partial charge in [0.2, 0.25) is 0 Å². The zero-order valence-corrected chi connectivity index (χ0v) is 64.9. The van der Waals surface area contributed by atoms with E-state index < -0.39 is 97.5 Å². The Kier molecular flexibility index (Phi) is 70.4. The number of aliphatic hydroxyl groups excluding tert-OH is 1. The van der Waals surface area contributed by atoms with Gasteiger partial charge in [-0.2, -0.15) is 0 Å². The molecule has 0 aromatic rings. The Morgan fingerprint density at radius 3 is 0.860 bits per heavy atom. The van der Waals surface area contributed by atoms with Gasteiger partial charge in [0, 0.05) is 25.7 Å². The van der Waals surface area contributed by atoms with Crippen molar-refractivity contribution in [2.24, 2.45) is 0 Å². The van der Waals surface area contributed by atoms with Crippen LogP contribution in [0.5, 0.6) is 0 Å². The van der Waals surface area contributed by atoms with Crippen LogP contribution in [0.15, 0.2) is 97.2 Å². The van der Waals surface area contributed by atoms with Gasteiger partial charge in [-0.15, -0.1) is 0 Å². The fourth-order valence-corrected chi connectivity index (χ4v) is 12.0. The molecule has 0 aliphatic carbocycles. The lowest BCUT2D eigenvalue weighted by Crippen LogP contribution is -2.30. The number of carbonyl (C=O) groups excluding carboxylic acids is 4. The predicted molar refractivity (Wildman–Crippen MR) is 409 cm³/mol. The van der Waals surface area contributed by atoms with Gasteiger partial charge in [0.25, 0.3) is 0 Å². The maximum atomic E-state index is 13.1. The van der Waals surface area contributed by atoms with Crippen molar-refractivity contribution >= 4 is 39.5 Å². The van der Waals surface area contributed by atoms with Crippen molar-refractivity contribution in [3.05, 3.63) is 97.2 Å². The molecule has 0 fully saturated rings. The van der Waals surface area contributed by atoms with Crippen molar-refractivity contribution < 1.29 is 80.2 Å². The van der Waals surface area contributed by atoms with E-state index in [1.807, 2.05) is 0 Å². The maximum Gasteiger partial charge on any atom is 0.472 e. The summed E-state index contributed by atoms with van der Waals surface area (Å²) in [6.07, 6.45) is 76.8. The Bertz CT molecular complexity index is 2270. The molecular weight excluding hydrogens is 1310 g/mol. The molecule has 100 heavy (non-hydrogen) atoms. The summed E-state index contributed by atoms with van der Waals surface area (Å²) in [6, 6.07) is 0. The molecule has 19 heteroatoms. The number of allylic oxidation sites excluding steroid dienone is 16. The van der Waals surface area contributed by atoms with Crippen LogP contribution in [-0.2, 0) is 65.4 Å². The number of hydrogen-bond acceptors (Lipinski definition) is 15. The van der Waals surface area contributed by atoms with E-state index in [4.69, 9.17) is 37.0 Å². The lowest BCUT2D eigenvalue weighted by molar-refractivity contribution is -0.161. The third kappa shape index (κ3) is 72.3. The fourth-order valence-electron chi connectivity index (χ4n) is 10.5. The molecular formula is C81H142O17P2. The van der Waals surface area contributed by atoms with Crippen molar-refractivity contribution in [2.45, 2.75) is 354 Å². The van der Waals surface area contributed by atoms with E-state index in [-0.39, 0.29) is 25.7 Å². The summed E-state index contributed by atoms with van der Waals surface area (Å²) in [4.78, 5) is 72.9. The van der Waals surface area contributed by atoms with Gasteiger partial charge >= 0.3 is 39.5 Å². The summed E-state index contributed by atoms with van der Waals surface area (Å²) >= 11 is 0. The minimum atomic E-state index is -4.98. The van der Waals surface area contributed by atoms with E-state index in [1.54, 1.807) is 0 Å². The zero-order valence-electron chi connectivity index (χ0n) is 63.1. The molecule has 0 amide bonds. The second kappa shape index (κ2) is 73.3. The third-order valence-corrected chi connectivity index (χ3v) is 18.4. The van der Waals surface area contributed by atoms with Gasteiger partial charge < -0.3 is 33.8 Å². The molecule has 0 aromatic heterocycles. The van der Waals surface area contributed by atoms with Gasteiger partial charge in [-0.1, -0.05) is 266 Å². The molecule has 0 aromatic carbocycles. The Morgan fingerprint density at radius 2 is 0.530 bits per heavy atom. The molecule has 0 heterocycles. The molecule has 0 saturated carbocycles. The van der Waals surface area contributed by atoms with E-state index in [1.165, 1.54) is 70.6 Å². The second-order valence-corrected chi connectivity index (χ2v) is 29.2. The van der Waals surface area contributed by atoms with Crippen LogP contribution in [0.3, 0.4) is 0 Å². The van der Waals surface area contributed by atoms with E-state index in [2.05, 4.69) is 125 Å². The van der Waals surface area contributed by atoms with Crippen LogP contribution in [0.2, 0.25) is 0 Å². The van der Waals surface area contributed by atoms with E-state index in [9.17, 15) is 43.2 Å². The smallest absolute Gasteiger partial charge is 0.462 e. The summed E-state index contributed by atoms with van der Waals surface area (Å²) < 4.78 is 68.5. The number of hydrogen-bond donors (Lipinski definition) is 3. The number of rotatable bonds is 74. The van der Waals surface area contributed by atoms with Gasteiger partial charge in [-0.3, -0.25) is 37.3 Å². The van der Waals surface area contributed by atoms with Crippen LogP contribution in [0, 0.1) is 0 Å². The summed E-state index contributed by atoms with van der Waals surface area (Å²) in [5.41, 5.74) is 0. The average molecular weight is 1450 g/mol. The minimum Gasteiger partial charge on any atom is -0.462 e. The largest absolute Gasteiger partial charge is 0.472 e. The van der Waals surface area contributed by atoms with Crippen LogP contribution in [0.1, 0.15) is 336 Å². The molecule has 0 rings (SSSR count). The summed E-state index contributed by atoms with van der Waals surface area (Å²) in [7, 11) is -9.96. The number of unbranched alkanes of at least 4 members (excludes halogenated alkanes) is 32. The molecule has 0 saturated heterocycles. The van der Waals surface area contributed by atoms with E-state index >= 15 is 0 Å². The monoisotopic (exact) mass is 1450 g/mol. The molecule has 3 N–H and O–H groups in total. The second-order valence-electron chi connectivity index (χ2n) is 26.3. The van der Waals surface area contributed by atoms with Gasteiger partial charge in [0.1, 0.15) is 19.3 Å². The van der Waals surface area contributed by atoms with Crippen molar-refractivity contribution in [2.75, 3.05) is 39.6 Å². The highest BCUT2D eigenvalue weighted by Crippen LogP contribution is 2.45. The van der Waals surface area contributed by atoms with Gasteiger partial charge in [-0.25, -0.2) is 9.13 Å². The lowest BCUT2D eigenvalue weighted by Gasteiger charge is -2.21. The third-order valence-electron chi connectivity index (χ3n) is 16.5. The summed E-state index contributed by atoms with van der Waals surface area (Å²) in [5, 5.41) is 10.6. The Labute approximate surface area is 607 Å². The highest BCUT2D eigenvalue weighted by atomic mass is 31.2. The van der Waals surface area contributed by atoms with Gasteiger partial charge in [0.05, 0.1) is 26.4 Å². The number of carbonyl (C=O) groups is 4. The fraction of sp³-hybridized carbons (Fsp3) is 0.753. The molecule has 0 bridgehead atoms. The van der Waals surface area contributed by atoms with Crippen LogP contribution < -0.4 is 0 Å². The number of ether oxygens (including phenoxy) is 4. The lowest BCUT2D eigenvalue weighted by atomic mass is 10.1. The first-order chi connectivity index (χ1) is 48.7. The summed E-state index contributed by atoms with van der Waals surface area (Å²) in [6.45, 7) is 4.67. The van der Waals surface area contributed by atoms with Crippen LogP contribution >= 0.6 is 15.6 Å². The maximum absolute atomic E-state index is 13.1. The number of phosphoric ester groups is 2. The van der Waals surface area contributed by atoms with Gasteiger partial charge in [0.15, 0.2) is 12.2 Å². The normalized spacial score (nSPS) is 14.4. The van der Waals surface area contributed by atoms with E-state index in [0.717, 1.165) is 186 Å². The van der Waals surface area contributed by atoms with Crippen LogP contribution in [0.25, 0.3) is 0 Å². The zero-order chi connectivity index (χ0) is 73.2.